The molecule has 1 saturated heterocycles. The van der Waals surface area contributed by atoms with E-state index in [2.05, 4.69) is 4.98 Å². The first-order valence-corrected chi connectivity index (χ1v) is 16.6. The molecule has 1 amide bonds. The number of hydrogen-bond acceptors (Lipinski definition) is 5. The molecule has 1 aromatic carbocycles. The van der Waals surface area contributed by atoms with Gasteiger partial charge in [-0.2, -0.15) is 0 Å². The smallest absolute Gasteiger partial charge is 0.354 e. The number of benzene rings is 1. The molecule has 2 aromatic rings. The van der Waals surface area contributed by atoms with E-state index in [1.165, 1.54) is 19.3 Å². The highest BCUT2D eigenvalue weighted by Crippen LogP contribution is 2.42. The molecule has 0 unspecified atom stereocenters. The van der Waals surface area contributed by atoms with Crippen molar-refractivity contribution in [1.82, 2.24) is 9.88 Å². The average Bonchev–Trinajstić information content (AvgIpc) is 3.68. The molecule has 8 heteroatoms. The molecule has 3 atom stereocenters. The Labute approximate surface area is 255 Å². The highest BCUT2D eigenvalue weighted by atomic mass is 19.1. The van der Waals surface area contributed by atoms with Crippen LogP contribution >= 0.6 is 0 Å². The van der Waals surface area contributed by atoms with Crippen LogP contribution in [0.4, 0.5) is 4.39 Å². The Morgan fingerprint density at radius 1 is 1.00 bits per heavy atom. The molecule has 2 aliphatic carbocycles. The number of hydrogen-bond donors (Lipinski definition) is 1. The minimum Gasteiger partial charge on any atom is -0.461 e. The van der Waals surface area contributed by atoms with E-state index < -0.39 is 5.97 Å². The molecule has 43 heavy (non-hydrogen) atoms. The number of methoxy groups -OCH3 is 1. The van der Waals surface area contributed by atoms with Gasteiger partial charge >= 0.3 is 5.97 Å². The third-order valence-corrected chi connectivity index (χ3v) is 10.5. The molecule has 1 N–H and O–H groups in total. The SMILES string of the molecule is COCCCOC(=O)c1cc2cc(CC(=O)[C@@H]3[C@H](C4CCCCC4)CCN3C(=O)C3CCC([C@H](C)CF)CC3)ccc2[nH]1. The molecule has 0 radical (unpaired) electrons. The summed E-state index contributed by atoms with van der Waals surface area (Å²) in [5, 5.41) is 0.858. The Morgan fingerprint density at radius 3 is 2.49 bits per heavy atom. The van der Waals surface area contributed by atoms with Crippen molar-refractivity contribution in [2.24, 2.45) is 29.6 Å². The number of likely N-dealkylation sites (tertiary alicyclic amines) is 1. The van der Waals surface area contributed by atoms with E-state index in [1.807, 2.05) is 30.0 Å². The van der Waals surface area contributed by atoms with Crippen molar-refractivity contribution in [2.45, 2.75) is 90.0 Å². The summed E-state index contributed by atoms with van der Waals surface area (Å²) in [6.45, 7) is 3.15. The summed E-state index contributed by atoms with van der Waals surface area (Å²) in [6.07, 6.45) is 11.1. The van der Waals surface area contributed by atoms with Crippen molar-refractivity contribution in [3.05, 3.63) is 35.5 Å². The molecule has 236 valence electrons. The van der Waals surface area contributed by atoms with Crippen molar-refractivity contribution in [1.29, 1.82) is 0 Å². The predicted molar refractivity (Wildman–Crippen MR) is 165 cm³/mol. The maximum absolute atomic E-state index is 14.1. The molecule has 2 saturated carbocycles. The Hall–Kier alpha value is -2.74. The van der Waals surface area contributed by atoms with E-state index in [4.69, 9.17) is 9.47 Å². The van der Waals surface area contributed by atoms with Crippen molar-refractivity contribution in [3.63, 3.8) is 0 Å². The number of amides is 1. The van der Waals surface area contributed by atoms with Crippen molar-refractivity contribution < 1.29 is 28.2 Å². The van der Waals surface area contributed by atoms with Crippen LogP contribution in [0.1, 0.15) is 93.6 Å². The lowest BCUT2D eigenvalue weighted by atomic mass is 9.74. The van der Waals surface area contributed by atoms with Crippen LogP contribution in [-0.2, 0) is 25.5 Å². The number of carbonyl (C=O) groups is 3. The third kappa shape index (κ3) is 7.50. The van der Waals surface area contributed by atoms with Gasteiger partial charge < -0.3 is 19.4 Å². The molecule has 5 rings (SSSR count). The van der Waals surface area contributed by atoms with Crippen LogP contribution in [0, 0.1) is 29.6 Å². The largest absolute Gasteiger partial charge is 0.461 e. The quantitative estimate of drug-likeness (QED) is 0.218. The van der Waals surface area contributed by atoms with Gasteiger partial charge in [-0.1, -0.05) is 45.1 Å². The summed E-state index contributed by atoms with van der Waals surface area (Å²) in [5.74, 6) is 0.892. The van der Waals surface area contributed by atoms with E-state index in [0.29, 0.717) is 43.7 Å². The summed E-state index contributed by atoms with van der Waals surface area (Å²) in [7, 11) is 1.61. The monoisotopic (exact) mass is 596 g/mol. The number of rotatable bonds is 12. The fourth-order valence-electron chi connectivity index (χ4n) is 7.98. The average molecular weight is 597 g/mol. The van der Waals surface area contributed by atoms with Gasteiger partial charge in [0.15, 0.2) is 5.78 Å². The number of aromatic amines is 1. The van der Waals surface area contributed by atoms with Gasteiger partial charge in [-0.25, -0.2) is 4.79 Å². The van der Waals surface area contributed by atoms with Crippen molar-refractivity contribution in [3.8, 4) is 0 Å². The predicted octanol–water partition coefficient (Wildman–Crippen LogP) is 6.68. The van der Waals surface area contributed by atoms with Crippen LogP contribution in [0.2, 0.25) is 0 Å². The highest BCUT2D eigenvalue weighted by Gasteiger charge is 2.46. The molecule has 0 bridgehead atoms. The van der Waals surface area contributed by atoms with E-state index in [-0.39, 0.29) is 48.6 Å². The number of nitrogens with one attached hydrogen (secondary N) is 1. The number of carbonyl (C=O) groups excluding carboxylic acids is 3. The Bertz CT molecular complexity index is 1250. The van der Waals surface area contributed by atoms with Gasteiger partial charge in [0.1, 0.15) is 5.69 Å². The van der Waals surface area contributed by atoms with Crippen molar-refractivity contribution >= 4 is 28.6 Å². The lowest BCUT2D eigenvalue weighted by Crippen LogP contribution is -2.48. The first-order valence-electron chi connectivity index (χ1n) is 16.6. The van der Waals surface area contributed by atoms with E-state index >= 15 is 0 Å². The summed E-state index contributed by atoms with van der Waals surface area (Å²) in [4.78, 5) is 45.6. The van der Waals surface area contributed by atoms with Gasteiger partial charge in [-0.05, 0) is 79.5 Å². The van der Waals surface area contributed by atoms with E-state index in [9.17, 15) is 18.8 Å². The molecule has 1 aliphatic heterocycles. The zero-order valence-corrected chi connectivity index (χ0v) is 26.0. The Morgan fingerprint density at radius 2 is 1.77 bits per heavy atom. The number of halogens is 1. The van der Waals surface area contributed by atoms with E-state index in [0.717, 1.165) is 61.4 Å². The van der Waals surface area contributed by atoms with E-state index in [1.54, 1.807) is 13.2 Å². The molecule has 7 nitrogen and oxygen atoms in total. The minimum absolute atomic E-state index is 0.0489. The van der Waals surface area contributed by atoms with Gasteiger partial charge in [0, 0.05) is 49.9 Å². The highest BCUT2D eigenvalue weighted by molar-refractivity contribution is 5.96. The molecule has 2 heterocycles. The van der Waals surface area contributed by atoms with Gasteiger partial charge in [0.25, 0.3) is 0 Å². The summed E-state index contributed by atoms with van der Waals surface area (Å²) >= 11 is 0. The topological polar surface area (TPSA) is 88.7 Å². The Kier molecular flexibility index (Phi) is 10.9. The fourth-order valence-corrected chi connectivity index (χ4v) is 7.98. The summed E-state index contributed by atoms with van der Waals surface area (Å²) in [5.41, 5.74) is 2.09. The normalized spacial score (nSPS) is 25.6. The van der Waals surface area contributed by atoms with Crippen LogP contribution < -0.4 is 0 Å². The number of esters is 1. The van der Waals surface area contributed by atoms with Crippen LogP contribution in [0.5, 0.6) is 0 Å². The summed E-state index contributed by atoms with van der Waals surface area (Å²) < 4.78 is 23.6. The molecular formula is C35H49FN2O5. The van der Waals surface area contributed by atoms with Crippen molar-refractivity contribution in [2.75, 3.05) is 33.5 Å². The van der Waals surface area contributed by atoms with Gasteiger partial charge in [0.2, 0.25) is 5.91 Å². The van der Waals surface area contributed by atoms with Gasteiger partial charge in [-0.15, -0.1) is 0 Å². The van der Waals surface area contributed by atoms with Gasteiger partial charge in [0.05, 0.1) is 19.3 Å². The number of fused-ring (bicyclic) bond motifs is 1. The number of alkyl halides is 1. The standard InChI is InChI=1S/C35H49FN2O5/c1-23(22-36)25-10-12-27(13-11-25)34(40)38-16-15-29(26-7-4-3-5-8-26)33(38)32(39)20-24-9-14-30-28(19-24)21-31(37-30)35(41)43-18-6-17-42-2/h9,14,19,21,23,25-27,29,33,37H,3-8,10-13,15-18,20,22H2,1-2H3/t23-,25?,27?,29+,33+/m1/s1. The summed E-state index contributed by atoms with van der Waals surface area (Å²) in [6, 6.07) is 7.22. The van der Waals surface area contributed by atoms with Crippen LogP contribution in [0.3, 0.4) is 0 Å². The second kappa shape index (κ2) is 14.8. The molecule has 3 fully saturated rings. The zero-order valence-electron chi connectivity index (χ0n) is 26.0. The number of Topliss-reactive ketones (excluding diaryl/α,β-unsaturated/α-hetero) is 1. The van der Waals surface area contributed by atoms with Crippen LogP contribution in [0.15, 0.2) is 24.3 Å². The number of nitrogens with zero attached hydrogens (tertiary/aromatic N) is 1. The van der Waals surface area contributed by atoms with Gasteiger partial charge in [-0.3, -0.25) is 14.0 Å². The molecule has 1 aromatic heterocycles. The lowest BCUT2D eigenvalue weighted by Gasteiger charge is -2.37. The zero-order chi connectivity index (χ0) is 30.3. The molecule has 3 aliphatic rings. The maximum Gasteiger partial charge on any atom is 0.354 e. The second-order valence-corrected chi connectivity index (χ2v) is 13.3. The number of ether oxygens (including phenoxy) is 2. The third-order valence-electron chi connectivity index (χ3n) is 10.5. The number of ketones is 1. The number of aromatic nitrogens is 1. The van der Waals surface area contributed by atoms with Crippen LogP contribution in [-0.4, -0.2) is 67.1 Å². The molecular weight excluding hydrogens is 547 g/mol. The van der Waals surface area contributed by atoms with Crippen LogP contribution in [0.25, 0.3) is 10.9 Å². The molecule has 0 spiro atoms. The lowest BCUT2D eigenvalue weighted by molar-refractivity contribution is -0.143. The first-order chi connectivity index (χ1) is 20.9. The maximum atomic E-state index is 14.1. The number of H-pyrrole nitrogens is 1. The Balaban J connectivity index is 1.29. The minimum atomic E-state index is -0.409. The second-order valence-electron chi connectivity index (χ2n) is 13.3. The fraction of sp³-hybridized carbons (Fsp3) is 0.686. The first kappa shape index (κ1) is 31.7.